The molecule has 0 aliphatic carbocycles. The van der Waals surface area contributed by atoms with Crippen LogP contribution in [-0.2, 0) is 4.79 Å². The highest BCUT2D eigenvalue weighted by atomic mass is 16.2. The van der Waals surface area contributed by atoms with Gasteiger partial charge >= 0.3 is 6.03 Å². The minimum Gasteiger partial charge on any atom is -0.329 e. The van der Waals surface area contributed by atoms with Gasteiger partial charge in [-0.3, -0.25) is 9.59 Å². The van der Waals surface area contributed by atoms with Gasteiger partial charge in [-0.25, -0.2) is 4.79 Å². The summed E-state index contributed by atoms with van der Waals surface area (Å²) in [5.74, 6) is -0.462. The zero-order valence-corrected chi connectivity index (χ0v) is 9.93. The third kappa shape index (κ3) is 2.02. The number of carbonyl (C=O) groups excluding carboxylic acids is 2. The van der Waals surface area contributed by atoms with Crippen molar-refractivity contribution in [1.29, 1.82) is 0 Å². The van der Waals surface area contributed by atoms with Gasteiger partial charge in [0.05, 0.1) is 11.8 Å². The molecule has 0 spiro atoms. The Labute approximate surface area is 102 Å². The molecule has 0 unspecified atom stereocenters. The lowest BCUT2D eigenvalue weighted by Gasteiger charge is -2.12. The van der Waals surface area contributed by atoms with Crippen LogP contribution in [0.15, 0.2) is 28.2 Å². The molecule has 0 radical (unpaired) electrons. The summed E-state index contributed by atoms with van der Waals surface area (Å²) in [6, 6.07) is 2.55. The van der Waals surface area contributed by atoms with Crippen molar-refractivity contribution < 1.29 is 9.59 Å². The molecule has 18 heavy (non-hydrogen) atoms. The van der Waals surface area contributed by atoms with Crippen LogP contribution >= 0.6 is 0 Å². The van der Waals surface area contributed by atoms with Crippen molar-refractivity contribution in [2.45, 2.75) is 19.4 Å². The second-order valence-electron chi connectivity index (χ2n) is 4.37. The lowest BCUT2D eigenvalue weighted by atomic mass is 10.1. The van der Waals surface area contributed by atoms with Crippen molar-refractivity contribution >= 4 is 18.2 Å². The maximum atomic E-state index is 11.8. The van der Waals surface area contributed by atoms with Gasteiger partial charge in [0.2, 0.25) is 0 Å². The van der Waals surface area contributed by atoms with Crippen LogP contribution in [0.5, 0.6) is 0 Å². The molecule has 0 atom stereocenters. The first-order valence-corrected chi connectivity index (χ1v) is 5.30. The molecule has 1 aromatic heterocycles. The third-order valence-corrected chi connectivity index (χ3v) is 2.50. The standard InChI is InChI=1S/C11H12N4O3/c1-11(2)9(17)15(10(18)14-11)13-6-7-4-3-5-12-8(7)16/h3-6H,1-2H3,(H,12,16)(H,14,18)/b13-6+. The molecule has 1 fully saturated rings. The number of H-pyrrole nitrogens is 1. The first kappa shape index (κ1) is 12.0. The number of amides is 3. The lowest BCUT2D eigenvalue weighted by Crippen LogP contribution is -2.39. The Balaban J connectivity index is 2.26. The van der Waals surface area contributed by atoms with E-state index in [0.29, 0.717) is 5.01 Å². The number of pyridine rings is 1. The van der Waals surface area contributed by atoms with E-state index in [9.17, 15) is 14.4 Å². The van der Waals surface area contributed by atoms with Crippen molar-refractivity contribution in [2.75, 3.05) is 0 Å². The van der Waals surface area contributed by atoms with Crippen molar-refractivity contribution in [3.05, 3.63) is 34.2 Å². The monoisotopic (exact) mass is 248 g/mol. The van der Waals surface area contributed by atoms with Crippen LogP contribution < -0.4 is 10.9 Å². The first-order valence-electron chi connectivity index (χ1n) is 5.30. The second-order valence-corrected chi connectivity index (χ2v) is 4.37. The van der Waals surface area contributed by atoms with Gasteiger partial charge in [-0.05, 0) is 26.0 Å². The number of hydrogen-bond acceptors (Lipinski definition) is 4. The van der Waals surface area contributed by atoms with Crippen LogP contribution in [-0.4, -0.2) is 33.7 Å². The van der Waals surface area contributed by atoms with E-state index < -0.39 is 17.5 Å². The fraction of sp³-hybridized carbons (Fsp3) is 0.273. The van der Waals surface area contributed by atoms with E-state index in [1.54, 1.807) is 19.9 Å². The zero-order chi connectivity index (χ0) is 13.3. The largest absolute Gasteiger partial charge is 0.346 e. The quantitative estimate of drug-likeness (QED) is 0.571. The number of hydrogen-bond donors (Lipinski definition) is 2. The average Bonchev–Trinajstić information content (AvgIpc) is 2.49. The van der Waals surface area contributed by atoms with Gasteiger partial charge in [-0.15, -0.1) is 5.01 Å². The molecule has 0 saturated carbocycles. The molecular weight excluding hydrogens is 236 g/mol. The summed E-state index contributed by atoms with van der Waals surface area (Å²) in [7, 11) is 0. The summed E-state index contributed by atoms with van der Waals surface area (Å²) in [5.41, 5.74) is -1.05. The van der Waals surface area contributed by atoms with E-state index in [1.807, 2.05) is 0 Å². The summed E-state index contributed by atoms with van der Waals surface area (Å²) >= 11 is 0. The number of urea groups is 1. The molecule has 7 heteroatoms. The Bertz CT molecular complexity index is 588. The summed E-state index contributed by atoms with van der Waals surface area (Å²) in [6.45, 7) is 3.16. The molecular formula is C11H12N4O3. The number of nitrogens with zero attached hydrogens (tertiary/aromatic N) is 2. The van der Waals surface area contributed by atoms with Crippen LogP contribution in [0.25, 0.3) is 0 Å². The van der Waals surface area contributed by atoms with Gasteiger partial charge in [0.25, 0.3) is 11.5 Å². The minimum atomic E-state index is -0.975. The molecule has 1 aromatic rings. The number of imide groups is 1. The molecule has 7 nitrogen and oxygen atoms in total. The van der Waals surface area contributed by atoms with E-state index in [-0.39, 0.29) is 11.1 Å². The fourth-order valence-corrected chi connectivity index (χ4v) is 1.49. The Morgan fingerprint density at radius 1 is 1.33 bits per heavy atom. The predicted molar refractivity (Wildman–Crippen MR) is 64.1 cm³/mol. The smallest absolute Gasteiger partial charge is 0.329 e. The third-order valence-electron chi connectivity index (χ3n) is 2.50. The van der Waals surface area contributed by atoms with Crippen molar-refractivity contribution in [3.63, 3.8) is 0 Å². The zero-order valence-electron chi connectivity index (χ0n) is 9.93. The van der Waals surface area contributed by atoms with Crippen molar-refractivity contribution in [1.82, 2.24) is 15.3 Å². The predicted octanol–water partition coefficient (Wildman–Crippen LogP) is 0.0392. The molecule has 3 amide bonds. The van der Waals surface area contributed by atoms with Crippen LogP contribution in [0.3, 0.4) is 0 Å². The Morgan fingerprint density at radius 2 is 2.06 bits per heavy atom. The molecule has 1 aliphatic heterocycles. The van der Waals surface area contributed by atoms with Gasteiger partial charge in [0.15, 0.2) is 0 Å². The van der Waals surface area contributed by atoms with Gasteiger partial charge in [-0.1, -0.05) is 0 Å². The number of rotatable bonds is 2. The molecule has 1 saturated heterocycles. The molecule has 2 rings (SSSR count). The van der Waals surface area contributed by atoms with Crippen LogP contribution in [0.1, 0.15) is 19.4 Å². The summed E-state index contributed by atoms with van der Waals surface area (Å²) in [6.07, 6.45) is 2.66. The fourth-order valence-electron chi connectivity index (χ4n) is 1.49. The van der Waals surface area contributed by atoms with E-state index in [1.165, 1.54) is 18.5 Å². The normalized spacial score (nSPS) is 18.4. The Morgan fingerprint density at radius 3 is 2.61 bits per heavy atom. The number of aromatic nitrogens is 1. The number of carbonyl (C=O) groups is 2. The number of aromatic amines is 1. The van der Waals surface area contributed by atoms with Gasteiger partial charge < -0.3 is 10.3 Å². The first-order chi connectivity index (χ1) is 8.42. The van der Waals surface area contributed by atoms with Gasteiger partial charge in [0.1, 0.15) is 5.54 Å². The van der Waals surface area contributed by atoms with Crippen LogP contribution in [0.2, 0.25) is 0 Å². The SMILES string of the molecule is CC1(C)NC(=O)N(/N=C/c2ccc[nH]c2=O)C1=O. The molecule has 1 aliphatic rings. The van der Waals surface area contributed by atoms with E-state index in [2.05, 4.69) is 15.4 Å². The highest BCUT2D eigenvalue weighted by Crippen LogP contribution is 2.16. The maximum Gasteiger partial charge on any atom is 0.346 e. The highest BCUT2D eigenvalue weighted by molar-refractivity contribution is 6.06. The van der Waals surface area contributed by atoms with Crippen LogP contribution in [0.4, 0.5) is 4.79 Å². The topological polar surface area (TPSA) is 94.6 Å². The summed E-state index contributed by atoms with van der Waals surface area (Å²) in [4.78, 5) is 37.1. The molecule has 0 aromatic carbocycles. The van der Waals surface area contributed by atoms with Crippen LogP contribution in [0, 0.1) is 0 Å². The summed E-state index contributed by atoms with van der Waals surface area (Å²) < 4.78 is 0. The number of hydrazone groups is 1. The summed E-state index contributed by atoms with van der Waals surface area (Å²) in [5, 5.41) is 6.94. The second kappa shape index (κ2) is 4.10. The minimum absolute atomic E-state index is 0.266. The van der Waals surface area contributed by atoms with Gasteiger partial charge in [0, 0.05) is 6.20 Å². The maximum absolute atomic E-state index is 11.8. The molecule has 2 N–H and O–H groups in total. The highest BCUT2D eigenvalue weighted by Gasteiger charge is 2.44. The number of nitrogens with one attached hydrogen (secondary N) is 2. The van der Waals surface area contributed by atoms with E-state index in [0.717, 1.165) is 0 Å². The van der Waals surface area contributed by atoms with E-state index in [4.69, 9.17) is 0 Å². The molecule has 2 heterocycles. The van der Waals surface area contributed by atoms with Crippen molar-refractivity contribution in [3.8, 4) is 0 Å². The van der Waals surface area contributed by atoms with Crippen molar-refractivity contribution in [2.24, 2.45) is 5.10 Å². The molecule has 0 bridgehead atoms. The average molecular weight is 248 g/mol. The Kier molecular flexibility index (Phi) is 2.74. The van der Waals surface area contributed by atoms with Gasteiger partial charge in [-0.2, -0.15) is 5.10 Å². The lowest BCUT2D eigenvalue weighted by molar-refractivity contribution is -0.130. The van der Waals surface area contributed by atoms with E-state index >= 15 is 0 Å². The Hall–Kier alpha value is -2.44. The molecule has 94 valence electrons.